The van der Waals surface area contributed by atoms with E-state index < -0.39 is 0 Å². The minimum absolute atomic E-state index is 0. The number of carbonyl (C=O) groups excluding carboxylic acids is 2. The van der Waals surface area contributed by atoms with Crippen molar-refractivity contribution in [2.75, 3.05) is 14.1 Å². The number of nitrogens with one attached hydrogen (secondary N) is 1. The van der Waals surface area contributed by atoms with Gasteiger partial charge in [0.25, 0.3) is 5.91 Å². The van der Waals surface area contributed by atoms with Crippen LogP contribution in [0.15, 0.2) is 24.3 Å². The number of hydrogen-bond acceptors (Lipinski definition) is 3. The Bertz CT molecular complexity index is 548. The fraction of sp³-hybridized carbons (Fsp3) is 0.529. The lowest BCUT2D eigenvalue weighted by Gasteiger charge is -2.15. The van der Waals surface area contributed by atoms with E-state index in [-0.39, 0.29) is 30.3 Å². The maximum Gasteiger partial charge on any atom is 0.253 e. The van der Waals surface area contributed by atoms with E-state index in [4.69, 9.17) is 5.73 Å². The summed E-state index contributed by atoms with van der Waals surface area (Å²) in [5.41, 5.74) is 7.56. The lowest BCUT2D eigenvalue weighted by molar-refractivity contribution is -0.122. The molecule has 0 radical (unpaired) electrons. The van der Waals surface area contributed by atoms with Gasteiger partial charge in [0.2, 0.25) is 5.91 Å². The molecule has 3 N–H and O–H groups in total. The molecule has 0 unspecified atom stereocenters. The zero-order valence-electron chi connectivity index (χ0n) is 13.7. The molecular formula is C17H26ClN3O2. The average molecular weight is 340 g/mol. The van der Waals surface area contributed by atoms with Crippen LogP contribution in [0.1, 0.15) is 41.6 Å². The van der Waals surface area contributed by atoms with Crippen LogP contribution in [0.4, 0.5) is 0 Å². The standard InChI is InChI=1S/C17H25N3O2.ClH/c1-20(2)17(22)14-7-3-5-12(9-14)11-19-16(21)10-13-6-4-8-15(13)18;/h3,5,7,9,13,15H,4,6,8,10-11,18H2,1-2H3,(H,19,21);1H/t13-,15+;/m0./s1. The molecule has 0 bridgehead atoms. The molecule has 1 aromatic carbocycles. The molecule has 128 valence electrons. The predicted molar refractivity (Wildman–Crippen MR) is 93.5 cm³/mol. The molecule has 23 heavy (non-hydrogen) atoms. The summed E-state index contributed by atoms with van der Waals surface area (Å²) in [5, 5.41) is 2.92. The molecule has 1 aromatic rings. The van der Waals surface area contributed by atoms with Crippen molar-refractivity contribution in [3.05, 3.63) is 35.4 Å². The molecule has 2 amide bonds. The van der Waals surface area contributed by atoms with Crippen molar-refractivity contribution in [3.63, 3.8) is 0 Å². The quantitative estimate of drug-likeness (QED) is 0.860. The first-order valence-corrected chi connectivity index (χ1v) is 7.80. The Hall–Kier alpha value is -1.59. The van der Waals surface area contributed by atoms with E-state index in [1.54, 1.807) is 25.1 Å². The molecule has 1 aliphatic rings. The Kier molecular flexibility index (Phi) is 7.52. The lowest BCUT2D eigenvalue weighted by atomic mass is 10.00. The Morgan fingerprint density at radius 1 is 1.30 bits per heavy atom. The first kappa shape index (κ1) is 19.5. The summed E-state index contributed by atoms with van der Waals surface area (Å²) < 4.78 is 0. The highest BCUT2D eigenvalue weighted by molar-refractivity contribution is 5.94. The molecule has 2 rings (SSSR count). The van der Waals surface area contributed by atoms with Gasteiger partial charge in [0, 0.05) is 38.7 Å². The van der Waals surface area contributed by atoms with Crippen molar-refractivity contribution in [2.45, 2.75) is 38.3 Å². The van der Waals surface area contributed by atoms with Gasteiger partial charge in [-0.2, -0.15) is 0 Å². The van der Waals surface area contributed by atoms with E-state index in [2.05, 4.69) is 5.32 Å². The summed E-state index contributed by atoms with van der Waals surface area (Å²) in [5.74, 6) is 0.304. The Balaban J connectivity index is 0.00000264. The summed E-state index contributed by atoms with van der Waals surface area (Å²) in [4.78, 5) is 25.5. The van der Waals surface area contributed by atoms with Gasteiger partial charge in [-0.3, -0.25) is 9.59 Å². The maximum atomic E-state index is 12.0. The van der Waals surface area contributed by atoms with Gasteiger partial charge in [-0.1, -0.05) is 18.6 Å². The van der Waals surface area contributed by atoms with Crippen molar-refractivity contribution >= 4 is 24.2 Å². The van der Waals surface area contributed by atoms with E-state index in [0.29, 0.717) is 24.4 Å². The molecule has 1 fully saturated rings. The summed E-state index contributed by atoms with van der Waals surface area (Å²) >= 11 is 0. The van der Waals surface area contributed by atoms with Crippen LogP contribution in [0.5, 0.6) is 0 Å². The van der Waals surface area contributed by atoms with Crippen molar-refractivity contribution < 1.29 is 9.59 Å². The van der Waals surface area contributed by atoms with Crippen LogP contribution in [-0.2, 0) is 11.3 Å². The van der Waals surface area contributed by atoms with Gasteiger partial charge in [-0.15, -0.1) is 12.4 Å². The lowest BCUT2D eigenvalue weighted by Crippen LogP contribution is -2.31. The van der Waals surface area contributed by atoms with E-state index >= 15 is 0 Å². The van der Waals surface area contributed by atoms with E-state index in [0.717, 1.165) is 24.8 Å². The topological polar surface area (TPSA) is 75.4 Å². The Labute approximate surface area is 144 Å². The summed E-state index contributed by atoms with van der Waals surface area (Å²) in [6.45, 7) is 0.440. The van der Waals surface area contributed by atoms with E-state index in [1.807, 2.05) is 18.2 Å². The van der Waals surface area contributed by atoms with Gasteiger partial charge < -0.3 is 16.0 Å². The van der Waals surface area contributed by atoms with Gasteiger partial charge in [0.15, 0.2) is 0 Å². The summed E-state index contributed by atoms with van der Waals surface area (Å²) in [6.07, 6.45) is 3.68. The molecular weight excluding hydrogens is 314 g/mol. The average Bonchev–Trinajstić information content (AvgIpc) is 2.90. The summed E-state index contributed by atoms with van der Waals surface area (Å²) in [7, 11) is 3.45. The van der Waals surface area contributed by atoms with Crippen LogP contribution < -0.4 is 11.1 Å². The van der Waals surface area contributed by atoms with Gasteiger partial charge in [-0.05, 0) is 36.5 Å². The van der Waals surface area contributed by atoms with Gasteiger partial charge in [-0.25, -0.2) is 0 Å². The monoisotopic (exact) mass is 339 g/mol. The van der Waals surface area contributed by atoms with Crippen LogP contribution in [-0.4, -0.2) is 36.9 Å². The number of rotatable bonds is 5. The van der Waals surface area contributed by atoms with Crippen LogP contribution in [0.25, 0.3) is 0 Å². The zero-order valence-corrected chi connectivity index (χ0v) is 14.6. The highest BCUT2D eigenvalue weighted by Crippen LogP contribution is 2.26. The third kappa shape index (κ3) is 5.52. The van der Waals surface area contributed by atoms with Gasteiger partial charge >= 0.3 is 0 Å². The molecule has 0 aliphatic heterocycles. The maximum absolute atomic E-state index is 12.0. The number of amides is 2. The highest BCUT2D eigenvalue weighted by atomic mass is 35.5. The first-order chi connectivity index (χ1) is 10.5. The second kappa shape index (κ2) is 8.89. The Morgan fingerprint density at radius 3 is 2.65 bits per heavy atom. The van der Waals surface area contributed by atoms with Crippen molar-refractivity contribution in [3.8, 4) is 0 Å². The van der Waals surface area contributed by atoms with Crippen LogP contribution in [0.3, 0.4) is 0 Å². The van der Waals surface area contributed by atoms with E-state index in [1.165, 1.54) is 0 Å². The molecule has 2 atom stereocenters. The molecule has 0 spiro atoms. The van der Waals surface area contributed by atoms with Crippen molar-refractivity contribution in [1.82, 2.24) is 10.2 Å². The molecule has 0 heterocycles. The zero-order chi connectivity index (χ0) is 16.1. The summed E-state index contributed by atoms with van der Waals surface area (Å²) in [6, 6.07) is 7.51. The largest absolute Gasteiger partial charge is 0.352 e. The number of carbonyl (C=O) groups is 2. The number of halogens is 1. The highest BCUT2D eigenvalue weighted by Gasteiger charge is 2.25. The van der Waals surface area contributed by atoms with Crippen LogP contribution >= 0.6 is 12.4 Å². The van der Waals surface area contributed by atoms with Crippen molar-refractivity contribution in [2.24, 2.45) is 11.7 Å². The molecule has 0 saturated heterocycles. The fourth-order valence-electron chi connectivity index (χ4n) is 2.90. The van der Waals surface area contributed by atoms with Gasteiger partial charge in [0.05, 0.1) is 0 Å². The fourth-order valence-corrected chi connectivity index (χ4v) is 2.90. The van der Waals surface area contributed by atoms with Crippen LogP contribution in [0, 0.1) is 5.92 Å². The third-order valence-corrected chi connectivity index (χ3v) is 4.24. The number of nitrogens with zero attached hydrogens (tertiary/aromatic N) is 1. The van der Waals surface area contributed by atoms with Gasteiger partial charge in [0.1, 0.15) is 0 Å². The molecule has 1 saturated carbocycles. The number of benzene rings is 1. The second-order valence-electron chi connectivity index (χ2n) is 6.24. The number of nitrogens with two attached hydrogens (primary N) is 1. The number of hydrogen-bond donors (Lipinski definition) is 2. The molecule has 5 nitrogen and oxygen atoms in total. The smallest absolute Gasteiger partial charge is 0.253 e. The molecule has 0 aromatic heterocycles. The normalized spacial score (nSPS) is 19.8. The third-order valence-electron chi connectivity index (χ3n) is 4.24. The first-order valence-electron chi connectivity index (χ1n) is 7.80. The Morgan fingerprint density at radius 2 is 2.04 bits per heavy atom. The molecule has 1 aliphatic carbocycles. The predicted octanol–water partition coefficient (Wildman–Crippen LogP) is 1.94. The minimum atomic E-state index is -0.0369. The van der Waals surface area contributed by atoms with E-state index in [9.17, 15) is 9.59 Å². The SMILES string of the molecule is CN(C)C(=O)c1cccc(CNC(=O)C[C@@H]2CCC[C@H]2N)c1.Cl. The van der Waals surface area contributed by atoms with Crippen LogP contribution in [0.2, 0.25) is 0 Å². The second-order valence-corrected chi connectivity index (χ2v) is 6.24. The van der Waals surface area contributed by atoms with Crippen molar-refractivity contribution in [1.29, 1.82) is 0 Å². The molecule has 6 heteroatoms. The minimum Gasteiger partial charge on any atom is -0.352 e.